The number of oxazole rings is 1. The van der Waals surface area contributed by atoms with Crippen LogP contribution in [0.5, 0.6) is 0 Å². The Morgan fingerprint density at radius 1 is 1.35 bits per heavy atom. The zero-order chi connectivity index (χ0) is 14.5. The van der Waals surface area contributed by atoms with Gasteiger partial charge >= 0.3 is 0 Å². The Morgan fingerprint density at radius 2 is 2.05 bits per heavy atom. The molecule has 0 aliphatic heterocycles. The zero-order valence-electron chi connectivity index (χ0n) is 11.5. The van der Waals surface area contributed by atoms with E-state index >= 15 is 0 Å². The highest BCUT2D eigenvalue weighted by molar-refractivity contribution is 5.52. The molecule has 1 heterocycles. The molecule has 0 N–H and O–H groups in total. The van der Waals surface area contributed by atoms with E-state index in [1.165, 1.54) is 12.1 Å². The Balaban J connectivity index is 2.15. The van der Waals surface area contributed by atoms with Gasteiger partial charge in [0.1, 0.15) is 17.5 Å². The van der Waals surface area contributed by atoms with Gasteiger partial charge in [-0.2, -0.15) is 5.26 Å². The van der Waals surface area contributed by atoms with E-state index in [2.05, 4.69) is 11.1 Å². The molecule has 0 saturated heterocycles. The van der Waals surface area contributed by atoms with Crippen molar-refractivity contribution in [1.82, 2.24) is 9.88 Å². The van der Waals surface area contributed by atoms with E-state index in [9.17, 15) is 9.65 Å². The molecule has 0 radical (unpaired) electrons. The maximum atomic E-state index is 12.9. The number of nitriles is 1. The molecule has 4 nitrogen and oxygen atoms in total. The first-order valence-corrected chi connectivity index (χ1v) is 6.36. The van der Waals surface area contributed by atoms with Crippen LogP contribution in [-0.4, -0.2) is 30.5 Å². The van der Waals surface area contributed by atoms with Crippen LogP contribution in [0.2, 0.25) is 0 Å². The molecule has 0 aliphatic carbocycles. The standard InChI is InChI=1S/C15H16FN3O/c1-19(2)8-7-12(9-17)14-10-18-15(20-14)11-3-5-13(16)6-4-11/h3-6,10,12H,7-8H2,1-2H3. The Kier molecular flexibility index (Phi) is 4.49. The van der Waals surface area contributed by atoms with E-state index in [1.807, 2.05) is 19.0 Å². The summed E-state index contributed by atoms with van der Waals surface area (Å²) in [6.45, 7) is 0.796. The summed E-state index contributed by atoms with van der Waals surface area (Å²) in [5.74, 6) is 0.333. The average Bonchev–Trinajstić information content (AvgIpc) is 2.89. The minimum Gasteiger partial charge on any atom is -0.440 e. The molecule has 1 unspecified atom stereocenters. The smallest absolute Gasteiger partial charge is 0.226 e. The zero-order valence-corrected chi connectivity index (χ0v) is 11.5. The van der Waals surface area contributed by atoms with E-state index in [-0.39, 0.29) is 11.7 Å². The van der Waals surface area contributed by atoms with E-state index < -0.39 is 0 Å². The maximum Gasteiger partial charge on any atom is 0.226 e. The second kappa shape index (κ2) is 6.31. The van der Waals surface area contributed by atoms with Crippen LogP contribution in [0.4, 0.5) is 4.39 Å². The number of nitrogens with zero attached hydrogens (tertiary/aromatic N) is 3. The third-order valence-corrected chi connectivity index (χ3v) is 2.98. The van der Waals surface area contributed by atoms with E-state index in [1.54, 1.807) is 18.3 Å². The summed E-state index contributed by atoms with van der Waals surface area (Å²) < 4.78 is 18.5. The van der Waals surface area contributed by atoms with Crippen molar-refractivity contribution in [3.05, 3.63) is 42.0 Å². The van der Waals surface area contributed by atoms with Gasteiger partial charge in [0, 0.05) is 5.56 Å². The van der Waals surface area contributed by atoms with Crippen LogP contribution in [0.1, 0.15) is 18.1 Å². The van der Waals surface area contributed by atoms with Crippen LogP contribution in [0.3, 0.4) is 0 Å². The predicted molar refractivity (Wildman–Crippen MR) is 73.4 cm³/mol. The number of benzene rings is 1. The van der Waals surface area contributed by atoms with Crippen LogP contribution < -0.4 is 0 Å². The molecule has 2 rings (SSSR count). The van der Waals surface area contributed by atoms with E-state index in [0.29, 0.717) is 23.6 Å². The maximum absolute atomic E-state index is 12.9. The van der Waals surface area contributed by atoms with Crippen molar-refractivity contribution in [2.24, 2.45) is 0 Å². The fraction of sp³-hybridized carbons (Fsp3) is 0.333. The van der Waals surface area contributed by atoms with Gasteiger partial charge in [-0.15, -0.1) is 0 Å². The monoisotopic (exact) mass is 273 g/mol. The summed E-state index contributed by atoms with van der Waals surface area (Å²) in [7, 11) is 3.91. The number of hydrogen-bond acceptors (Lipinski definition) is 4. The van der Waals surface area contributed by atoms with Gasteiger partial charge in [-0.25, -0.2) is 9.37 Å². The fourth-order valence-corrected chi connectivity index (χ4v) is 1.83. The summed E-state index contributed by atoms with van der Waals surface area (Å²) in [6, 6.07) is 8.14. The van der Waals surface area contributed by atoms with Crippen LogP contribution in [0, 0.1) is 17.1 Å². The predicted octanol–water partition coefficient (Wildman–Crippen LogP) is 3.04. The highest BCUT2D eigenvalue weighted by Gasteiger charge is 2.17. The van der Waals surface area contributed by atoms with E-state index in [0.717, 1.165) is 6.54 Å². The van der Waals surface area contributed by atoms with Crippen molar-refractivity contribution in [2.45, 2.75) is 12.3 Å². The molecule has 0 saturated carbocycles. The summed E-state index contributed by atoms with van der Waals surface area (Å²) >= 11 is 0. The van der Waals surface area contributed by atoms with Gasteiger partial charge in [-0.05, 0) is 51.3 Å². The Labute approximate surface area is 117 Å². The second-order valence-electron chi connectivity index (χ2n) is 4.85. The van der Waals surface area contributed by atoms with Gasteiger partial charge in [0.2, 0.25) is 5.89 Å². The van der Waals surface area contributed by atoms with Gasteiger partial charge in [-0.3, -0.25) is 0 Å². The lowest BCUT2D eigenvalue weighted by molar-refractivity contribution is 0.380. The second-order valence-corrected chi connectivity index (χ2v) is 4.85. The fourth-order valence-electron chi connectivity index (χ4n) is 1.83. The summed E-state index contributed by atoms with van der Waals surface area (Å²) in [5.41, 5.74) is 0.696. The summed E-state index contributed by atoms with van der Waals surface area (Å²) in [4.78, 5) is 6.17. The first-order valence-electron chi connectivity index (χ1n) is 6.36. The number of aromatic nitrogens is 1. The Morgan fingerprint density at radius 3 is 2.65 bits per heavy atom. The normalized spacial score (nSPS) is 12.3. The third kappa shape index (κ3) is 3.43. The largest absolute Gasteiger partial charge is 0.440 e. The summed E-state index contributed by atoms with van der Waals surface area (Å²) in [6.07, 6.45) is 2.25. The highest BCUT2D eigenvalue weighted by Crippen LogP contribution is 2.25. The topological polar surface area (TPSA) is 53.1 Å². The molecule has 0 aliphatic rings. The molecule has 5 heteroatoms. The molecule has 1 aromatic carbocycles. The minimum atomic E-state index is -0.320. The lowest BCUT2D eigenvalue weighted by Gasteiger charge is -2.11. The van der Waals surface area contributed by atoms with Crippen LogP contribution in [0.25, 0.3) is 11.5 Å². The minimum absolute atomic E-state index is 0.304. The van der Waals surface area contributed by atoms with Crippen molar-refractivity contribution < 1.29 is 8.81 Å². The van der Waals surface area contributed by atoms with E-state index in [4.69, 9.17) is 4.42 Å². The molecule has 1 atom stereocenters. The Bertz CT molecular complexity index is 598. The molecule has 0 spiro atoms. The lowest BCUT2D eigenvalue weighted by atomic mass is 10.1. The molecule has 0 bridgehead atoms. The third-order valence-electron chi connectivity index (χ3n) is 2.98. The van der Waals surface area contributed by atoms with Crippen molar-refractivity contribution in [1.29, 1.82) is 5.26 Å². The lowest BCUT2D eigenvalue weighted by Crippen LogP contribution is -2.15. The highest BCUT2D eigenvalue weighted by atomic mass is 19.1. The van der Waals surface area contributed by atoms with Crippen LogP contribution in [-0.2, 0) is 0 Å². The Hall–Kier alpha value is -2.19. The first kappa shape index (κ1) is 14.2. The molecule has 0 fully saturated rings. The molecule has 20 heavy (non-hydrogen) atoms. The first-order chi connectivity index (χ1) is 9.60. The van der Waals surface area contributed by atoms with Crippen LogP contribution in [0.15, 0.2) is 34.9 Å². The quantitative estimate of drug-likeness (QED) is 0.840. The van der Waals surface area contributed by atoms with Crippen molar-refractivity contribution >= 4 is 0 Å². The molecule has 2 aromatic rings. The van der Waals surface area contributed by atoms with Gasteiger partial charge < -0.3 is 9.32 Å². The van der Waals surface area contributed by atoms with Gasteiger partial charge in [0.15, 0.2) is 0 Å². The van der Waals surface area contributed by atoms with Crippen molar-refractivity contribution in [3.63, 3.8) is 0 Å². The summed E-state index contributed by atoms with van der Waals surface area (Å²) in [5, 5.41) is 9.20. The molecular weight excluding hydrogens is 257 g/mol. The molecular formula is C15H16FN3O. The number of halogens is 1. The van der Waals surface area contributed by atoms with Crippen molar-refractivity contribution in [2.75, 3.05) is 20.6 Å². The molecule has 1 aromatic heterocycles. The van der Waals surface area contributed by atoms with Gasteiger partial charge in [0.25, 0.3) is 0 Å². The average molecular weight is 273 g/mol. The molecule has 104 valence electrons. The SMILES string of the molecule is CN(C)CCC(C#N)c1cnc(-c2ccc(F)cc2)o1. The van der Waals surface area contributed by atoms with Crippen molar-refractivity contribution in [3.8, 4) is 17.5 Å². The number of rotatable bonds is 5. The molecule has 0 amide bonds. The van der Waals surface area contributed by atoms with Gasteiger partial charge in [0.05, 0.1) is 12.3 Å². The van der Waals surface area contributed by atoms with Crippen LogP contribution >= 0.6 is 0 Å². The number of hydrogen-bond donors (Lipinski definition) is 0. The van der Waals surface area contributed by atoms with Gasteiger partial charge in [-0.1, -0.05) is 0 Å².